The maximum atomic E-state index is 12.6. The number of anilines is 2. The molecule has 4 rings (SSSR count). The Morgan fingerprint density at radius 2 is 2.07 bits per heavy atom. The zero-order chi connectivity index (χ0) is 20.5. The Hall–Kier alpha value is -2.64. The number of fused-ring (bicyclic) bond motifs is 1. The largest absolute Gasteiger partial charge is 0.397 e. The maximum Gasteiger partial charge on any atom is 0.275 e. The fraction of sp³-hybridized carbons (Fsp3) is 0.182. The van der Waals surface area contributed by atoms with Gasteiger partial charge in [-0.2, -0.15) is 0 Å². The third-order valence-corrected chi connectivity index (χ3v) is 5.95. The number of thiazole rings is 1. The maximum absolute atomic E-state index is 12.6. The lowest BCUT2D eigenvalue weighted by atomic mass is 10.0. The summed E-state index contributed by atoms with van der Waals surface area (Å²) in [4.78, 5) is 17.2. The van der Waals surface area contributed by atoms with Gasteiger partial charge in [-0.3, -0.25) is 9.36 Å². The monoisotopic (exact) mass is 468 g/mol. The molecule has 1 amide bonds. The number of carbonyl (C=O) groups excluding carboxylic acids is 1. The van der Waals surface area contributed by atoms with Crippen LogP contribution >= 0.6 is 27.3 Å². The number of nitrogen functional groups attached to an aromatic ring is 1. The van der Waals surface area contributed by atoms with E-state index >= 15 is 0 Å². The molecule has 148 valence electrons. The van der Waals surface area contributed by atoms with Crippen LogP contribution in [0, 0.1) is 5.92 Å². The molecule has 0 radical (unpaired) electrons. The van der Waals surface area contributed by atoms with Gasteiger partial charge < -0.3 is 11.1 Å². The van der Waals surface area contributed by atoms with Crippen LogP contribution in [0.1, 0.15) is 29.9 Å². The molecule has 0 unspecified atom stereocenters. The number of hydrogen-bond donors (Lipinski definition) is 2. The van der Waals surface area contributed by atoms with E-state index in [1.165, 1.54) is 22.3 Å². The van der Waals surface area contributed by atoms with Crippen LogP contribution in [0.25, 0.3) is 16.0 Å². The van der Waals surface area contributed by atoms with Gasteiger partial charge in [-0.25, -0.2) is 4.98 Å². The lowest BCUT2D eigenvalue weighted by molar-refractivity contribution is 0.102. The molecule has 0 saturated carbocycles. The van der Waals surface area contributed by atoms with Crippen LogP contribution in [0.5, 0.6) is 0 Å². The molecule has 0 spiro atoms. The first-order valence-corrected chi connectivity index (χ1v) is 11.0. The van der Waals surface area contributed by atoms with Crippen LogP contribution in [-0.4, -0.2) is 15.5 Å². The molecule has 2 aromatic carbocycles. The van der Waals surface area contributed by atoms with Crippen LogP contribution in [0.2, 0.25) is 0 Å². The number of nitrogens with two attached hydrogens (primary N) is 1. The average Bonchev–Trinajstić information content (AvgIpc) is 3.28. The predicted octanol–water partition coefficient (Wildman–Crippen LogP) is 5.88. The number of benzene rings is 2. The smallest absolute Gasteiger partial charge is 0.275 e. The minimum Gasteiger partial charge on any atom is -0.397 e. The first-order chi connectivity index (χ1) is 13.9. The Bertz CT molecular complexity index is 1190. The van der Waals surface area contributed by atoms with Gasteiger partial charge in [-0.15, -0.1) is 11.3 Å². The van der Waals surface area contributed by atoms with Gasteiger partial charge >= 0.3 is 0 Å². The fourth-order valence-corrected chi connectivity index (χ4v) is 4.45. The van der Waals surface area contributed by atoms with Crippen LogP contribution in [0.3, 0.4) is 0 Å². The molecule has 0 bridgehead atoms. The van der Waals surface area contributed by atoms with Crippen LogP contribution in [-0.2, 0) is 6.42 Å². The topological polar surface area (TPSA) is 72.9 Å². The summed E-state index contributed by atoms with van der Waals surface area (Å²) in [5.74, 6) is 0.275. The summed E-state index contributed by atoms with van der Waals surface area (Å²) in [5.41, 5.74) is 9.75. The molecule has 29 heavy (non-hydrogen) atoms. The summed E-state index contributed by atoms with van der Waals surface area (Å²) in [6, 6.07) is 13.5. The molecule has 3 N–H and O–H groups in total. The van der Waals surface area contributed by atoms with Crippen molar-refractivity contribution in [1.29, 1.82) is 0 Å². The number of nitrogens with one attached hydrogen (secondary N) is 1. The average molecular weight is 469 g/mol. The zero-order valence-electron chi connectivity index (χ0n) is 16.1. The number of rotatable bonds is 5. The summed E-state index contributed by atoms with van der Waals surface area (Å²) in [6.07, 6.45) is 3.12. The predicted molar refractivity (Wildman–Crippen MR) is 124 cm³/mol. The zero-order valence-corrected chi connectivity index (χ0v) is 18.5. The molecule has 0 fully saturated rings. The van der Waals surface area contributed by atoms with Gasteiger partial charge in [0.25, 0.3) is 5.91 Å². The highest BCUT2D eigenvalue weighted by Crippen LogP contribution is 2.30. The molecule has 2 heterocycles. The quantitative estimate of drug-likeness (QED) is 0.359. The molecule has 4 aromatic rings. The second kappa shape index (κ2) is 8.00. The lowest BCUT2D eigenvalue weighted by Crippen LogP contribution is -2.13. The highest BCUT2D eigenvalue weighted by atomic mass is 79.9. The lowest BCUT2D eigenvalue weighted by Gasteiger charge is -2.06. The van der Waals surface area contributed by atoms with Gasteiger partial charge in [-0.05, 0) is 42.2 Å². The van der Waals surface area contributed by atoms with Crippen LogP contribution in [0.4, 0.5) is 11.4 Å². The van der Waals surface area contributed by atoms with Crippen molar-refractivity contribution < 1.29 is 4.79 Å². The highest BCUT2D eigenvalue weighted by molar-refractivity contribution is 9.10. The van der Waals surface area contributed by atoms with E-state index in [2.05, 4.69) is 69.0 Å². The summed E-state index contributed by atoms with van der Waals surface area (Å²) in [6.45, 7) is 4.42. The third kappa shape index (κ3) is 4.06. The molecule has 0 aliphatic carbocycles. The van der Waals surface area contributed by atoms with Crippen molar-refractivity contribution in [3.05, 3.63) is 69.8 Å². The van der Waals surface area contributed by atoms with Gasteiger partial charge in [0.05, 0.1) is 16.9 Å². The van der Waals surface area contributed by atoms with Crippen LogP contribution < -0.4 is 11.1 Å². The van der Waals surface area contributed by atoms with Crippen LogP contribution in [0.15, 0.2) is 58.5 Å². The number of para-hydroxylation sites is 2. The molecular formula is C22H21BrN4OS. The molecule has 7 heteroatoms. The van der Waals surface area contributed by atoms with Crippen molar-refractivity contribution in [2.45, 2.75) is 20.3 Å². The Morgan fingerprint density at radius 1 is 1.28 bits per heavy atom. The van der Waals surface area contributed by atoms with Gasteiger partial charge in [-0.1, -0.05) is 48.0 Å². The highest BCUT2D eigenvalue weighted by Gasteiger charge is 2.17. The van der Waals surface area contributed by atoms with E-state index in [9.17, 15) is 4.79 Å². The van der Waals surface area contributed by atoms with Crippen molar-refractivity contribution in [1.82, 2.24) is 9.55 Å². The van der Waals surface area contributed by atoms with Crippen molar-refractivity contribution in [3.8, 4) is 5.13 Å². The Kier molecular flexibility index (Phi) is 5.43. The Labute approximate surface area is 181 Å². The van der Waals surface area contributed by atoms with Crippen molar-refractivity contribution in [3.63, 3.8) is 0 Å². The normalized spacial score (nSPS) is 11.3. The van der Waals surface area contributed by atoms with E-state index in [1.807, 2.05) is 12.1 Å². The van der Waals surface area contributed by atoms with E-state index in [4.69, 9.17) is 5.73 Å². The number of halogens is 1. The first-order valence-electron chi connectivity index (χ1n) is 9.33. The molecule has 0 aliphatic heterocycles. The molecular weight excluding hydrogens is 448 g/mol. The minimum atomic E-state index is -0.273. The number of nitrogens with zero attached hydrogens (tertiary/aromatic N) is 2. The Morgan fingerprint density at radius 3 is 2.83 bits per heavy atom. The Balaban J connectivity index is 1.69. The molecule has 0 aliphatic rings. The summed E-state index contributed by atoms with van der Waals surface area (Å²) in [5, 5.41) is 6.57. The van der Waals surface area contributed by atoms with E-state index < -0.39 is 0 Å². The van der Waals surface area contributed by atoms with E-state index in [1.54, 1.807) is 17.5 Å². The van der Waals surface area contributed by atoms with E-state index in [0.717, 1.165) is 21.5 Å². The minimum absolute atomic E-state index is 0.273. The first kappa shape index (κ1) is 19.7. The third-order valence-electron chi connectivity index (χ3n) is 4.62. The van der Waals surface area contributed by atoms with Gasteiger partial charge in [0, 0.05) is 21.4 Å². The van der Waals surface area contributed by atoms with Gasteiger partial charge in [0.1, 0.15) is 5.69 Å². The standard InChI is InChI=1S/C22H21BrN4OS/c1-13(2)9-14-11-27(20-10-15(23)7-8-16(14)20)22-26-19(12-29-22)21(28)25-18-6-4-3-5-17(18)24/h3-8,10-13H,9,24H2,1-2H3,(H,25,28). The fourth-order valence-electron chi connectivity index (χ4n) is 3.31. The molecule has 2 aromatic heterocycles. The summed E-state index contributed by atoms with van der Waals surface area (Å²) < 4.78 is 3.07. The molecule has 5 nitrogen and oxygen atoms in total. The van der Waals surface area contributed by atoms with Crippen molar-refractivity contribution >= 4 is 55.5 Å². The number of carbonyl (C=O) groups is 1. The summed E-state index contributed by atoms with van der Waals surface area (Å²) in [7, 11) is 0. The number of amides is 1. The SMILES string of the molecule is CC(C)Cc1cn(-c2nc(C(=O)Nc3ccccc3N)cs2)c2cc(Br)ccc12. The van der Waals surface area contributed by atoms with E-state index in [0.29, 0.717) is 23.0 Å². The van der Waals surface area contributed by atoms with E-state index in [-0.39, 0.29) is 5.91 Å². The summed E-state index contributed by atoms with van der Waals surface area (Å²) >= 11 is 5.01. The van der Waals surface area contributed by atoms with Gasteiger partial charge in [0.2, 0.25) is 0 Å². The molecule has 0 atom stereocenters. The van der Waals surface area contributed by atoms with Crippen molar-refractivity contribution in [2.75, 3.05) is 11.1 Å². The second-order valence-corrected chi connectivity index (χ2v) is 9.09. The molecule has 0 saturated heterocycles. The van der Waals surface area contributed by atoms with Crippen molar-refractivity contribution in [2.24, 2.45) is 5.92 Å². The number of aromatic nitrogens is 2. The second-order valence-electron chi connectivity index (χ2n) is 7.34. The number of hydrogen-bond acceptors (Lipinski definition) is 4. The van der Waals surface area contributed by atoms with Gasteiger partial charge in [0.15, 0.2) is 5.13 Å².